The molecule has 0 aliphatic carbocycles. The van der Waals surface area contributed by atoms with Gasteiger partial charge in [-0.3, -0.25) is 9.48 Å². The molecule has 7 nitrogen and oxygen atoms in total. The minimum Gasteiger partial charge on any atom is -0.496 e. The molecule has 0 saturated carbocycles. The number of hydrogen-bond acceptors (Lipinski definition) is 5. The molecular formula is C20H27N3O4. The highest BCUT2D eigenvalue weighted by Gasteiger charge is 2.32. The van der Waals surface area contributed by atoms with Gasteiger partial charge in [-0.25, -0.2) is 0 Å². The standard InChI is InChI=1S/C20H27N3O4/c1-13-11-16-18(22-23(9-10-25-3)19(16)14(2)27-13)20(24)21-12-15-7-5-6-8-17(15)26-4/h5-8,13-14H,9-12H2,1-4H3,(H,21,24)/t13-,14+/m1/s1. The average molecular weight is 373 g/mol. The lowest BCUT2D eigenvalue weighted by atomic mass is 9.99. The Balaban J connectivity index is 1.83. The molecule has 0 spiro atoms. The van der Waals surface area contributed by atoms with Gasteiger partial charge >= 0.3 is 0 Å². The predicted molar refractivity (Wildman–Crippen MR) is 101 cm³/mol. The number of ether oxygens (including phenoxy) is 3. The number of aromatic nitrogens is 2. The normalized spacial score (nSPS) is 18.8. The highest BCUT2D eigenvalue weighted by Crippen LogP contribution is 2.32. The molecule has 1 aromatic heterocycles. The van der Waals surface area contributed by atoms with Crippen molar-refractivity contribution >= 4 is 5.91 Å². The van der Waals surface area contributed by atoms with Gasteiger partial charge in [0.2, 0.25) is 0 Å². The molecule has 2 aromatic rings. The van der Waals surface area contributed by atoms with E-state index in [0.717, 1.165) is 22.6 Å². The molecule has 0 saturated heterocycles. The van der Waals surface area contributed by atoms with Gasteiger partial charge in [0.05, 0.1) is 38.2 Å². The van der Waals surface area contributed by atoms with Crippen molar-refractivity contribution in [3.8, 4) is 5.75 Å². The van der Waals surface area contributed by atoms with E-state index in [9.17, 15) is 4.79 Å². The molecule has 3 rings (SSSR count). The molecule has 27 heavy (non-hydrogen) atoms. The maximum Gasteiger partial charge on any atom is 0.272 e. The lowest BCUT2D eigenvalue weighted by molar-refractivity contribution is -0.0101. The number of benzene rings is 1. The lowest BCUT2D eigenvalue weighted by Crippen LogP contribution is -2.27. The van der Waals surface area contributed by atoms with Crippen molar-refractivity contribution in [1.82, 2.24) is 15.1 Å². The van der Waals surface area contributed by atoms with E-state index in [-0.39, 0.29) is 18.1 Å². The van der Waals surface area contributed by atoms with Crippen molar-refractivity contribution in [2.24, 2.45) is 0 Å². The second-order valence-corrected chi connectivity index (χ2v) is 6.72. The third kappa shape index (κ3) is 4.14. The highest BCUT2D eigenvalue weighted by molar-refractivity contribution is 5.94. The van der Waals surface area contributed by atoms with Gasteiger partial charge in [-0.1, -0.05) is 18.2 Å². The molecule has 1 aliphatic rings. The summed E-state index contributed by atoms with van der Waals surface area (Å²) in [5, 5.41) is 7.55. The molecule has 2 atom stereocenters. The van der Waals surface area contributed by atoms with Gasteiger partial charge in [0, 0.05) is 31.2 Å². The molecular weight excluding hydrogens is 346 g/mol. The second-order valence-electron chi connectivity index (χ2n) is 6.72. The maximum absolute atomic E-state index is 12.9. The first kappa shape index (κ1) is 19.4. The Morgan fingerprint density at radius 2 is 2.11 bits per heavy atom. The van der Waals surface area contributed by atoms with E-state index >= 15 is 0 Å². The Morgan fingerprint density at radius 3 is 2.85 bits per heavy atom. The number of methoxy groups -OCH3 is 2. The van der Waals surface area contributed by atoms with Gasteiger partial charge in [-0.05, 0) is 19.9 Å². The van der Waals surface area contributed by atoms with E-state index in [1.165, 1.54) is 0 Å². The van der Waals surface area contributed by atoms with Gasteiger partial charge in [0.1, 0.15) is 5.75 Å². The number of carbonyl (C=O) groups is 1. The molecule has 0 radical (unpaired) electrons. The third-order valence-electron chi connectivity index (χ3n) is 4.76. The topological polar surface area (TPSA) is 74.6 Å². The minimum atomic E-state index is -0.186. The van der Waals surface area contributed by atoms with Crippen LogP contribution in [0.3, 0.4) is 0 Å². The van der Waals surface area contributed by atoms with Crippen molar-refractivity contribution in [3.63, 3.8) is 0 Å². The van der Waals surface area contributed by atoms with E-state index in [0.29, 0.717) is 31.8 Å². The average Bonchev–Trinajstić information content (AvgIpc) is 3.03. The van der Waals surface area contributed by atoms with Gasteiger partial charge < -0.3 is 19.5 Å². The van der Waals surface area contributed by atoms with Crippen LogP contribution < -0.4 is 10.1 Å². The van der Waals surface area contributed by atoms with Crippen LogP contribution in [0.2, 0.25) is 0 Å². The van der Waals surface area contributed by atoms with E-state index in [1.54, 1.807) is 14.2 Å². The summed E-state index contributed by atoms with van der Waals surface area (Å²) in [4.78, 5) is 12.9. The molecule has 0 bridgehead atoms. The summed E-state index contributed by atoms with van der Waals surface area (Å²) in [6.45, 7) is 5.50. The molecule has 0 fully saturated rings. The number of carbonyl (C=O) groups excluding carboxylic acids is 1. The number of rotatable bonds is 7. The quantitative estimate of drug-likeness (QED) is 0.807. The largest absolute Gasteiger partial charge is 0.496 e. The van der Waals surface area contributed by atoms with Crippen molar-refractivity contribution < 1.29 is 19.0 Å². The molecule has 2 heterocycles. The predicted octanol–water partition coefficient (Wildman–Crippen LogP) is 2.49. The van der Waals surface area contributed by atoms with E-state index < -0.39 is 0 Å². The van der Waals surface area contributed by atoms with Crippen molar-refractivity contribution in [3.05, 3.63) is 46.8 Å². The molecule has 0 unspecified atom stereocenters. The maximum atomic E-state index is 12.9. The Morgan fingerprint density at radius 1 is 1.33 bits per heavy atom. The second kappa shape index (κ2) is 8.54. The number of hydrogen-bond donors (Lipinski definition) is 1. The van der Waals surface area contributed by atoms with Crippen LogP contribution >= 0.6 is 0 Å². The van der Waals surface area contributed by atoms with Crippen molar-refractivity contribution in [1.29, 1.82) is 0 Å². The molecule has 146 valence electrons. The number of nitrogens with one attached hydrogen (secondary N) is 1. The van der Waals surface area contributed by atoms with E-state index in [4.69, 9.17) is 14.2 Å². The van der Waals surface area contributed by atoms with Gasteiger partial charge in [-0.15, -0.1) is 0 Å². The van der Waals surface area contributed by atoms with Gasteiger partial charge in [0.25, 0.3) is 5.91 Å². The first-order valence-corrected chi connectivity index (χ1v) is 9.19. The van der Waals surface area contributed by atoms with Crippen LogP contribution in [0.25, 0.3) is 0 Å². The molecule has 1 amide bonds. The first-order chi connectivity index (χ1) is 13.0. The van der Waals surface area contributed by atoms with Crippen LogP contribution in [-0.4, -0.2) is 42.6 Å². The summed E-state index contributed by atoms with van der Waals surface area (Å²) in [7, 11) is 3.27. The summed E-state index contributed by atoms with van der Waals surface area (Å²) < 4.78 is 18.3. The van der Waals surface area contributed by atoms with Crippen molar-refractivity contribution in [2.75, 3.05) is 20.8 Å². The van der Waals surface area contributed by atoms with Crippen molar-refractivity contribution in [2.45, 2.75) is 45.6 Å². The van der Waals surface area contributed by atoms with Crippen LogP contribution in [0.5, 0.6) is 5.75 Å². The monoisotopic (exact) mass is 373 g/mol. The zero-order valence-corrected chi connectivity index (χ0v) is 16.3. The van der Waals surface area contributed by atoms with Crippen LogP contribution in [-0.2, 0) is 29.0 Å². The van der Waals surface area contributed by atoms with Gasteiger partial charge in [-0.2, -0.15) is 5.10 Å². The lowest BCUT2D eigenvalue weighted by Gasteiger charge is -2.27. The molecule has 7 heteroatoms. The Hall–Kier alpha value is -2.38. The van der Waals surface area contributed by atoms with Crippen LogP contribution in [0.4, 0.5) is 0 Å². The van der Waals surface area contributed by atoms with Crippen LogP contribution in [0.15, 0.2) is 24.3 Å². The van der Waals surface area contributed by atoms with E-state index in [2.05, 4.69) is 10.4 Å². The Bertz CT molecular complexity index is 803. The minimum absolute atomic E-state index is 0.0494. The van der Waals surface area contributed by atoms with Gasteiger partial charge in [0.15, 0.2) is 5.69 Å². The highest BCUT2D eigenvalue weighted by atomic mass is 16.5. The fraction of sp³-hybridized carbons (Fsp3) is 0.500. The Labute approximate surface area is 159 Å². The number of fused-ring (bicyclic) bond motifs is 1. The molecule has 1 aliphatic heterocycles. The smallest absolute Gasteiger partial charge is 0.272 e. The third-order valence-corrected chi connectivity index (χ3v) is 4.76. The summed E-state index contributed by atoms with van der Waals surface area (Å²) in [6.07, 6.45) is 0.613. The van der Waals surface area contributed by atoms with E-state index in [1.807, 2.05) is 42.8 Å². The Kier molecular flexibility index (Phi) is 6.13. The SMILES string of the molecule is COCCn1nc(C(=O)NCc2ccccc2OC)c2c1[C@H](C)O[C@H](C)C2. The fourth-order valence-electron chi connectivity index (χ4n) is 3.56. The molecule has 1 aromatic carbocycles. The number of nitrogens with zero attached hydrogens (tertiary/aromatic N) is 2. The zero-order chi connectivity index (χ0) is 19.4. The summed E-state index contributed by atoms with van der Waals surface area (Å²) >= 11 is 0. The number of para-hydroxylation sites is 1. The number of amides is 1. The molecule has 1 N–H and O–H groups in total. The zero-order valence-electron chi connectivity index (χ0n) is 16.3. The first-order valence-electron chi connectivity index (χ1n) is 9.19. The summed E-state index contributed by atoms with van der Waals surface area (Å²) in [5.41, 5.74) is 3.33. The van der Waals surface area contributed by atoms with Crippen LogP contribution in [0, 0.1) is 0 Å². The van der Waals surface area contributed by atoms with Crippen LogP contribution in [0.1, 0.15) is 47.3 Å². The summed E-state index contributed by atoms with van der Waals surface area (Å²) in [5.74, 6) is 0.565. The summed E-state index contributed by atoms with van der Waals surface area (Å²) in [6, 6.07) is 7.64. The fourth-order valence-corrected chi connectivity index (χ4v) is 3.56.